The molecule has 0 amide bonds. The van der Waals surface area contributed by atoms with Gasteiger partial charge in [-0.15, -0.1) is 0 Å². The van der Waals surface area contributed by atoms with E-state index in [2.05, 4.69) is 494 Å². The zero-order valence-electron chi connectivity index (χ0n) is 85.2. The fourth-order valence-electron chi connectivity index (χ4n) is 26.2. The number of aromatic nitrogens is 16. The second kappa shape index (κ2) is 30.4. The molecule has 0 bridgehead atoms. The fourth-order valence-corrected chi connectivity index (χ4v) is 26.2. The topological polar surface area (TPSA) is 104 Å². The first kappa shape index (κ1) is 86.9. The van der Waals surface area contributed by atoms with Gasteiger partial charge in [0.15, 0.2) is 24.8 Å². The van der Waals surface area contributed by atoms with Gasteiger partial charge in [-0.3, -0.25) is 35.9 Å². The van der Waals surface area contributed by atoms with E-state index in [0.29, 0.717) is 5.92 Å². The molecule has 4 aliphatic rings. The SMILES string of the molecule is Cc1ccc2c3c1-c1c(c(-c4ccccc4)c(C(C)C)c[n+]1C)C(C)(C)n3c1nc3ccccc3n21.Cc1cccc(C)c1-c1c[n+](C)c2c(c1C)C(C)(C)n1c3c-2c(C)ccc3n2c3ccccc3nc12.Cc1ccccc1-c1c[n+](C)c2c(c1C)C(C)(C)n1c3c-2c(C)ccc3n2c3ccccc3nc12.Cc1ccccc1-c1cc[n+](C)c2c1C(C)(C)n1c3c-2c(C)ccc3n2c3ccccc3nc12. The number of benzene rings is 12. The summed E-state index contributed by atoms with van der Waals surface area (Å²) < 4.78 is 28.8. The van der Waals surface area contributed by atoms with E-state index in [1.165, 1.54) is 217 Å². The van der Waals surface area contributed by atoms with Crippen LogP contribution in [-0.2, 0) is 50.3 Å². The zero-order chi connectivity index (χ0) is 97.6. The van der Waals surface area contributed by atoms with Gasteiger partial charge in [-0.25, -0.2) is 38.2 Å². The van der Waals surface area contributed by atoms with Crippen LogP contribution in [0.2, 0.25) is 0 Å². The lowest BCUT2D eigenvalue weighted by Crippen LogP contribution is -2.42. The lowest BCUT2D eigenvalue weighted by Gasteiger charge is -2.36. The molecule has 28 rings (SSSR count). The Labute approximate surface area is 821 Å². The van der Waals surface area contributed by atoms with Gasteiger partial charge < -0.3 is 0 Å². The van der Waals surface area contributed by atoms with Gasteiger partial charge in [0.1, 0.15) is 28.2 Å². The van der Waals surface area contributed by atoms with Crippen LogP contribution in [0.3, 0.4) is 0 Å². The van der Waals surface area contributed by atoms with E-state index in [0.717, 1.165) is 67.2 Å². The van der Waals surface area contributed by atoms with Crippen LogP contribution >= 0.6 is 0 Å². The molecule has 0 fully saturated rings. The molecule has 12 aromatic carbocycles. The van der Waals surface area contributed by atoms with E-state index in [1.54, 1.807) is 0 Å². The summed E-state index contributed by atoms with van der Waals surface area (Å²) in [7, 11) is 8.80. The first-order chi connectivity index (χ1) is 67.7. The minimum absolute atomic E-state index is 0.291. The Morgan fingerprint density at radius 1 is 0.241 bits per heavy atom. The molecule has 16 heteroatoms. The number of pyridine rings is 4. The Morgan fingerprint density at radius 3 is 0.922 bits per heavy atom. The average molecular weight is 1840 g/mol. The van der Waals surface area contributed by atoms with Crippen LogP contribution in [0.15, 0.2) is 274 Å². The van der Waals surface area contributed by atoms with Crippen molar-refractivity contribution in [3.05, 3.63) is 357 Å². The molecule has 0 spiro atoms. The third kappa shape index (κ3) is 11.8. The van der Waals surface area contributed by atoms with E-state index < -0.39 is 0 Å². The minimum Gasteiger partial charge on any atom is -0.299 e. The molecule has 141 heavy (non-hydrogen) atoms. The normalized spacial score (nSPS) is 14.2. The molecule has 16 nitrogen and oxygen atoms in total. The second-order valence-corrected chi connectivity index (χ2v) is 42.8. The highest BCUT2D eigenvalue weighted by molar-refractivity contribution is 6.07. The largest absolute Gasteiger partial charge is 0.299 e. The predicted octanol–water partition coefficient (Wildman–Crippen LogP) is 27.0. The average Bonchev–Trinajstić information content (AvgIpc) is 1.54. The molecule has 0 aliphatic carbocycles. The highest BCUT2D eigenvalue weighted by Gasteiger charge is 2.50. The summed E-state index contributed by atoms with van der Waals surface area (Å²) in [6.07, 6.45) is 9.24. The molecule has 694 valence electrons. The molecular weight excluding hydrogens is 1730 g/mol. The van der Waals surface area contributed by atoms with Gasteiger partial charge in [0.25, 0.3) is 0 Å². The van der Waals surface area contributed by atoms with Crippen molar-refractivity contribution in [2.24, 2.45) is 28.2 Å². The van der Waals surface area contributed by atoms with Crippen molar-refractivity contribution in [2.45, 2.75) is 167 Å². The van der Waals surface area contributed by atoms with Crippen LogP contribution in [-0.4, -0.2) is 55.8 Å². The third-order valence-electron chi connectivity index (χ3n) is 32.4. The third-order valence-corrected chi connectivity index (χ3v) is 32.4. The van der Waals surface area contributed by atoms with E-state index >= 15 is 0 Å². The summed E-state index contributed by atoms with van der Waals surface area (Å²) in [5, 5.41) is 0. The van der Waals surface area contributed by atoms with Crippen molar-refractivity contribution in [3.63, 3.8) is 0 Å². The summed E-state index contributed by atoms with van der Waals surface area (Å²) in [5.74, 6) is 4.41. The van der Waals surface area contributed by atoms with E-state index in [-0.39, 0.29) is 22.2 Å². The number of imidazole rings is 8. The Morgan fingerprint density at radius 2 is 0.539 bits per heavy atom. The number of rotatable bonds is 5. The van der Waals surface area contributed by atoms with Gasteiger partial charge in [0.05, 0.1) is 155 Å². The Bertz CT molecular complexity index is 9620. The Hall–Kier alpha value is -15.7. The number of aryl methyl sites for hydroxylation is 12. The molecule has 0 saturated heterocycles. The maximum atomic E-state index is 5.20. The lowest BCUT2D eigenvalue weighted by molar-refractivity contribution is -0.661. The van der Waals surface area contributed by atoms with Crippen molar-refractivity contribution < 1.29 is 18.3 Å². The highest BCUT2D eigenvalue weighted by Crippen LogP contribution is 2.57. The monoisotopic (exact) mass is 1840 g/mol. The van der Waals surface area contributed by atoms with E-state index in [1.807, 2.05) is 0 Å². The van der Waals surface area contributed by atoms with Crippen molar-refractivity contribution >= 4 is 111 Å². The molecule has 0 atom stereocenters. The molecule has 0 saturated carbocycles. The number of fused-ring (bicyclic) bond motifs is 28. The predicted molar refractivity (Wildman–Crippen MR) is 576 cm³/mol. The molecule has 0 N–H and O–H groups in total. The van der Waals surface area contributed by atoms with Crippen LogP contribution in [0.5, 0.6) is 0 Å². The van der Waals surface area contributed by atoms with Gasteiger partial charge in [-0.2, -0.15) is 0 Å². The summed E-state index contributed by atoms with van der Waals surface area (Å²) in [5.41, 5.74) is 58.3. The molecule has 0 radical (unpaired) electrons. The fraction of sp³-hybridized carbons (Fsp3) is 0.232. The summed E-state index contributed by atoms with van der Waals surface area (Å²) >= 11 is 0. The van der Waals surface area contributed by atoms with Crippen LogP contribution in [0.1, 0.15) is 159 Å². The van der Waals surface area contributed by atoms with Gasteiger partial charge in [0.2, 0.25) is 45.9 Å². The van der Waals surface area contributed by atoms with Crippen molar-refractivity contribution in [3.8, 4) is 89.5 Å². The zero-order valence-corrected chi connectivity index (χ0v) is 85.2. The quantitative estimate of drug-likeness (QED) is 0.160. The minimum atomic E-state index is -0.325. The molecule has 16 heterocycles. The molecule has 0 unspecified atom stereocenters. The molecular formula is C125H118N16+4. The van der Waals surface area contributed by atoms with Crippen molar-refractivity contribution in [2.75, 3.05) is 0 Å². The van der Waals surface area contributed by atoms with E-state index in [4.69, 9.17) is 19.9 Å². The van der Waals surface area contributed by atoms with Crippen molar-refractivity contribution in [1.29, 1.82) is 0 Å². The van der Waals surface area contributed by atoms with E-state index in [9.17, 15) is 0 Å². The smallest absolute Gasteiger partial charge is 0.220 e. The first-order valence-electron chi connectivity index (χ1n) is 49.8. The Kier molecular flexibility index (Phi) is 18.7. The maximum Gasteiger partial charge on any atom is 0.220 e. The van der Waals surface area contributed by atoms with Gasteiger partial charge in [-0.1, -0.05) is 184 Å². The molecule has 4 aliphatic heterocycles. The standard InChI is InChI=1S/2C32H31N4.C31H29N4.C30H27N4/c1-18-11-10-12-19(2)26(18)22-17-34(7)30-27-20(3)15-16-25-29(27)36(32(5,6)28(30)21(22)4)31-33-23-13-8-9-14-24(23)35(25)31;1-19(2)22-18-34(6)30-26-20(3)16-17-25-29(26)36(31-33-23-14-10-11-15-24(23)35(25)31)32(4,5)28(30)27(22)21-12-8-7-9-13-21;1-18-11-7-8-12-21(18)22-17-33(6)29-26-19(2)15-16-25-28(26)35(31(4,5)27(29)20(22)3)30-32-23-13-9-10-14-24(23)34(25)30;1-18-10-6-7-11-20(18)21-16-17-32(5)28-25-19(2)14-15-24-27(25)34(30(3,4)26(21)28)29-31-22-12-8-9-13-23(22)33(24)29/h8-17H,1-7H3;7-19H,1-6H3;7-17H,1-6H3;6-17H,1-5H3/q4*+1. The highest BCUT2D eigenvalue weighted by atomic mass is 15.3. The Balaban J connectivity index is 0.0000000990. The number of nitrogens with zero attached hydrogens (tertiary/aromatic N) is 16. The van der Waals surface area contributed by atoms with Crippen LogP contribution in [0.25, 0.3) is 201 Å². The van der Waals surface area contributed by atoms with Gasteiger partial charge >= 0.3 is 0 Å². The second-order valence-electron chi connectivity index (χ2n) is 42.8. The maximum absolute atomic E-state index is 5.20. The van der Waals surface area contributed by atoms with Crippen molar-refractivity contribution in [1.82, 2.24) is 55.8 Å². The van der Waals surface area contributed by atoms with Gasteiger partial charge in [0, 0.05) is 33.9 Å². The van der Waals surface area contributed by atoms with Crippen LogP contribution < -0.4 is 18.3 Å². The van der Waals surface area contributed by atoms with Gasteiger partial charge in [-0.05, 0) is 281 Å². The summed E-state index contributed by atoms with van der Waals surface area (Å²) in [6, 6.07) is 89.3. The number of hydrogen-bond donors (Lipinski definition) is 0. The lowest BCUT2D eigenvalue weighted by atomic mass is 9.77. The molecule has 12 aromatic heterocycles. The molecule has 24 aromatic rings. The van der Waals surface area contributed by atoms with Crippen LogP contribution in [0, 0.1) is 69.2 Å². The first-order valence-corrected chi connectivity index (χ1v) is 49.8. The van der Waals surface area contributed by atoms with Crippen LogP contribution in [0.4, 0.5) is 0 Å². The summed E-state index contributed by atoms with van der Waals surface area (Å²) in [6.45, 7) is 45.9. The number of para-hydroxylation sites is 8. The number of hydrogen-bond acceptors (Lipinski definition) is 4. The summed E-state index contributed by atoms with van der Waals surface area (Å²) in [4.78, 5) is 20.7.